The lowest BCUT2D eigenvalue weighted by Gasteiger charge is -2.35. The van der Waals surface area contributed by atoms with Crippen molar-refractivity contribution in [3.63, 3.8) is 0 Å². The van der Waals surface area contributed by atoms with E-state index < -0.39 is 0 Å². The summed E-state index contributed by atoms with van der Waals surface area (Å²) in [5.41, 5.74) is 1.23. The molecule has 2 atom stereocenters. The minimum atomic E-state index is -0.119. The smallest absolute Gasteiger partial charge is 0.246 e. The molecule has 2 rings (SSSR count). The van der Waals surface area contributed by atoms with Gasteiger partial charge in [0.15, 0.2) is 0 Å². The van der Waals surface area contributed by atoms with E-state index in [4.69, 9.17) is 0 Å². The number of hydrogen-bond donors (Lipinski definition) is 1. The molecule has 1 aromatic carbocycles. The minimum absolute atomic E-state index is 0.0203. The van der Waals surface area contributed by atoms with Gasteiger partial charge in [-0.15, -0.1) is 0 Å². The number of piperidine rings is 1. The van der Waals surface area contributed by atoms with E-state index in [2.05, 4.69) is 19.1 Å². The van der Waals surface area contributed by atoms with Crippen LogP contribution < -0.4 is 0 Å². The second kappa shape index (κ2) is 17.2. The summed E-state index contributed by atoms with van der Waals surface area (Å²) in [5, 5.41) is 11.2. The summed E-state index contributed by atoms with van der Waals surface area (Å²) in [6.07, 6.45) is 24.1. The number of hydrogen-bond acceptors (Lipinski definition) is 2. The molecule has 3 nitrogen and oxygen atoms in total. The molecule has 1 amide bonds. The molecule has 1 heterocycles. The summed E-state index contributed by atoms with van der Waals surface area (Å²) in [6, 6.07) is 10.3. The Hall–Kier alpha value is -1.35. The zero-order valence-corrected chi connectivity index (χ0v) is 20.8. The van der Waals surface area contributed by atoms with Crippen LogP contribution in [0.15, 0.2) is 30.3 Å². The van der Waals surface area contributed by atoms with Crippen molar-refractivity contribution in [3.05, 3.63) is 35.9 Å². The molecule has 1 saturated heterocycles. The first-order chi connectivity index (χ1) is 15.7. The maximum Gasteiger partial charge on any atom is 0.246 e. The molecule has 0 unspecified atom stereocenters. The molecule has 182 valence electrons. The average Bonchev–Trinajstić information content (AvgIpc) is 2.81. The fourth-order valence-corrected chi connectivity index (χ4v) is 5.17. The van der Waals surface area contributed by atoms with Gasteiger partial charge in [-0.2, -0.15) is 0 Å². The van der Waals surface area contributed by atoms with Crippen LogP contribution in [0.3, 0.4) is 0 Å². The average molecular weight is 444 g/mol. The van der Waals surface area contributed by atoms with Gasteiger partial charge in [-0.25, -0.2) is 5.06 Å². The fraction of sp³-hybridized carbons (Fsp3) is 0.759. The Bertz CT molecular complexity index is 588. The summed E-state index contributed by atoms with van der Waals surface area (Å²) in [7, 11) is 0. The molecule has 0 aliphatic carbocycles. The van der Waals surface area contributed by atoms with Crippen LogP contribution >= 0.6 is 0 Å². The number of rotatable bonds is 18. The Labute approximate surface area is 197 Å². The number of unbranched alkanes of at least 4 members (excludes halogenated alkanes) is 15. The molecule has 0 aromatic heterocycles. The van der Waals surface area contributed by atoms with Crippen LogP contribution in [-0.2, 0) is 4.79 Å². The molecular weight excluding hydrogens is 394 g/mol. The highest BCUT2D eigenvalue weighted by Gasteiger charge is 2.33. The van der Waals surface area contributed by atoms with Gasteiger partial charge in [0.05, 0.1) is 6.04 Å². The topological polar surface area (TPSA) is 40.5 Å². The van der Waals surface area contributed by atoms with Crippen LogP contribution in [0, 0.1) is 0 Å². The lowest BCUT2D eigenvalue weighted by molar-refractivity contribution is -0.184. The largest absolute Gasteiger partial charge is 0.286 e. The molecule has 1 aliphatic heterocycles. The Morgan fingerprint density at radius 3 is 1.72 bits per heavy atom. The van der Waals surface area contributed by atoms with Gasteiger partial charge in [-0.1, -0.05) is 140 Å². The first kappa shape index (κ1) is 26.9. The third kappa shape index (κ3) is 11.0. The van der Waals surface area contributed by atoms with Crippen molar-refractivity contribution in [3.8, 4) is 0 Å². The zero-order chi connectivity index (χ0) is 22.9. The monoisotopic (exact) mass is 443 g/mol. The predicted molar refractivity (Wildman–Crippen MR) is 135 cm³/mol. The number of nitrogens with zero attached hydrogens (tertiary/aromatic N) is 1. The van der Waals surface area contributed by atoms with Crippen LogP contribution in [-0.4, -0.2) is 22.2 Å². The van der Waals surface area contributed by atoms with Gasteiger partial charge in [-0.05, 0) is 24.3 Å². The summed E-state index contributed by atoms with van der Waals surface area (Å²) in [4.78, 5) is 12.2. The lowest BCUT2D eigenvalue weighted by atomic mass is 9.84. The van der Waals surface area contributed by atoms with E-state index in [1.807, 2.05) is 18.2 Å². The number of benzene rings is 1. The minimum Gasteiger partial charge on any atom is -0.286 e. The summed E-state index contributed by atoms with van der Waals surface area (Å²) < 4.78 is 0. The zero-order valence-electron chi connectivity index (χ0n) is 20.8. The summed E-state index contributed by atoms with van der Waals surface area (Å²) in [6.45, 7) is 2.28. The second-order valence-corrected chi connectivity index (χ2v) is 10.0. The molecule has 1 aliphatic rings. The van der Waals surface area contributed by atoms with Gasteiger partial charge in [0, 0.05) is 6.42 Å². The molecule has 0 spiro atoms. The Kier molecular flexibility index (Phi) is 14.4. The normalized spacial score (nSPS) is 18.9. The molecule has 3 heteroatoms. The number of hydroxylamine groups is 2. The van der Waals surface area contributed by atoms with Crippen LogP contribution in [0.2, 0.25) is 0 Å². The predicted octanol–water partition coefficient (Wildman–Crippen LogP) is 8.80. The van der Waals surface area contributed by atoms with Crippen LogP contribution in [0.4, 0.5) is 0 Å². The van der Waals surface area contributed by atoms with E-state index in [1.165, 1.54) is 102 Å². The van der Waals surface area contributed by atoms with Crippen molar-refractivity contribution >= 4 is 5.91 Å². The van der Waals surface area contributed by atoms with E-state index in [1.54, 1.807) is 0 Å². The van der Waals surface area contributed by atoms with Gasteiger partial charge in [0.1, 0.15) is 0 Å². The fourth-order valence-electron chi connectivity index (χ4n) is 5.17. The van der Waals surface area contributed by atoms with E-state index >= 15 is 0 Å². The standard InChI is InChI=1S/C29H49NO2/c1-2-3-4-5-6-7-8-9-10-11-12-13-14-15-16-20-23-28-24-27(25-29(31)30(28)32)26-21-18-17-19-22-26/h17-19,21-22,27-28,32H,2-16,20,23-25H2,1H3/t27-,28+/m0/s1. The van der Waals surface area contributed by atoms with Crippen molar-refractivity contribution in [1.82, 2.24) is 5.06 Å². The molecular formula is C29H49NO2. The molecule has 32 heavy (non-hydrogen) atoms. The molecule has 1 fully saturated rings. The van der Waals surface area contributed by atoms with Crippen LogP contribution in [0.5, 0.6) is 0 Å². The van der Waals surface area contributed by atoms with E-state index in [9.17, 15) is 10.0 Å². The molecule has 1 aromatic rings. The molecule has 0 saturated carbocycles. The SMILES string of the molecule is CCCCCCCCCCCCCCCCCC[C@@H]1C[C@H](c2ccccc2)CC(=O)N1O. The van der Waals surface area contributed by atoms with E-state index in [-0.39, 0.29) is 17.9 Å². The van der Waals surface area contributed by atoms with Crippen molar-refractivity contribution < 1.29 is 10.0 Å². The van der Waals surface area contributed by atoms with Gasteiger partial charge in [0.2, 0.25) is 5.91 Å². The van der Waals surface area contributed by atoms with Crippen molar-refractivity contribution in [2.24, 2.45) is 0 Å². The Morgan fingerprint density at radius 1 is 0.750 bits per heavy atom. The lowest BCUT2D eigenvalue weighted by Crippen LogP contribution is -2.43. The van der Waals surface area contributed by atoms with E-state index in [0.717, 1.165) is 24.3 Å². The van der Waals surface area contributed by atoms with E-state index in [0.29, 0.717) is 6.42 Å². The second-order valence-electron chi connectivity index (χ2n) is 10.0. The molecule has 1 N–H and O–H groups in total. The number of carbonyl (C=O) groups excluding carboxylic acids is 1. The first-order valence-corrected chi connectivity index (χ1v) is 13.8. The van der Waals surface area contributed by atoms with Crippen molar-refractivity contribution in [2.75, 3.05) is 0 Å². The highest BCUT2D eigenvalue weighted by Crippen LogP contribution is 2.33. The maximum absolute atomic E-state index is 12.2. The molecule has 0 radical (unpaired) electrons. The van der Waals surface area contributed by atoms with Gasteiger partial charge in [-0.3, -0.25) is 10.0 Å². The maximum atomic E-state index is 12.2. The highest BCUT2D eigenvalue weighted by atomic mass is 16.5. The third-order valence-electron chi connectivity index (χ3n) is 7.24. The summed E-state index contributed by atoms with van der Waals surface area (Å²) >= 11 is 0. The number of amides is 1. The van der Waals surface area contributed by atoms with Crippen molar-refractivity contribution in [1.29, 1.82) is 0 Å². The van der Waals surface area contributed by atoms with Crippen molar-refractivity contribution in [2.45, 2.75) is 141 Å². The molecule has 0 bridgehead atoms. The Morgan fingerprint density at radius 2 is 1.22 bits per heavy atom. The third-order valence-corrected chi connectivity index (χ3v) is 7.24. The quantitative estimate of drug-likeness (QED) is 0.182. The van der Waals surface area contributed by atoms with Crippen LogP contribution in [0.1, 0.15) is 140 Å². The van der Waals surface area contributed by atoms with Gasteiger partial charge >= 0.3 is 0 Å². The Balaban J connectivity index is 1.43. The highest BCUT2D eigenvalue weighted by molar-refractivity contribution is 5.77. The first-order valence-electron chi connectivity index (χ1n) is 13.8. The van der Waals surface area contributed by atoms with Gasteiger partial charge in [0.25, 0.3) is 0 Å². The van der Waals surface area contributed by atoms with Gasteiger partial charge < -0.3 is 0 Å². The van der Waals surface area contributed by atoms with Crippen LogP contribution in [0.25, 0.3) is 0 Å². The summed E-state index contributed by atoms with van der Waals surface area (Å²) in [5.74, 6) is 0.129. The number of carbonyl (C=O) groups is 1.